The number of carboxylic acids is 2. The zero-order valence-corrected chi connectivity index (χ0v) is 74.9. The molecule has 13 rings (SSSR count). The van der Waals surface area contributed by atoms with Crippen LogP contribution in [0.4, 0.5) is 37.1 Å². The lowest BCUT2D eigenvalue weighted by atomic mass is 9.77. The average molecular weight is 1780 g/mol. The molecule has 7 aromatic rings. The number of aromatic carboxylic acids is 2. The number of amides is 9. The minimum Gasteiger partial charge on any atom is -0.545 e. The Morgan fingerprint density at radius 1 is 0.423 bits per heavy atom. The molecule has 13 N–H and O–H groups in total. The summed E-state index contributed by atoms with van der Waals surface area (Å²) in [6.07, 6.45) is 0. The molecule has 686 valence electrons. The van der Waals surface area contributed by atoms with Crippen molar-refractivity contribution in [2.75, 3.05) is 160 Å². The van der Waals surface area contributed by atoms with E-state index in [1.54, 1.807) is 78.7 Å². The van der Waals surface area contributed by atoms with Crippen molar-refractivity contribution in [3.8, 4) is 56.4 Å². The summed E-state index contributed by atoms with van der Waals surface area (Å²) in [6.45, 7) is 27.2. The van der Waals surface area contributed by atoms with Crippen molar-refractivity contribution in [1.29, 1.82) is 16.2 Å². The number of anilines is 4. The second-order valence-corrected chi connectivity index (χ2v) is 28.8. The maximum atomic E-state index is 13.2. The van der Waals surface area contributed by atoms with Gasteiger partial charge in [0, 0.05) is 222 Å². The first kappa shape index (κ1) is 102. The fourth-order valence-corrected chi connectivity index (χ4v) is 15.4. The van der Waals surface area contributed by atoms with E-state index < -0.39 is 23.5 Å². The second kappa shape index (κ2) is 48.9. The van der Waals surface area contributed by atoms with Crippen LogP contribution >= 0.6 is 0 Å². The molecule has 6 aliphatic rings. The van der Waals surface area contributed by atoms with E-state index in [0.29, 0.717) is 129 Å². The number of ether oxygens (including phenoxy) is 2. The third-order valence-corrected chi connectivity index (χ3v) is 21.9. The SMILES string of the molecule is C.C=N.C=N.C=N.CCN(CCNC(=O)NC)c1ccc2c(-c3ccccc3C(=O)O)c3ccc(=[N+](CC)CC(=O)NC)cc-3oc2c1.CCN(CCNC(=O)NC)c1ccc2c(-c3ccccc3C(=O)[O-])c3ccc(=[N+](CC)CC(=O)NC)cc-3oc2c1.CCN(CCNC(=O)NC)c1ccc2c(c1)Oc1cc(N(CC)CC(=O)NC)ccc1C21OC(=O)c2ccccc21. The number of nitrogens with one attached hydrogen (secondary N) is 12. The van der Waals surface area contributed by atoms with Crippen LogP contribution < -0.4 is 97.2 Å². The van der Waals surface area contributed by atoms with Crippen molar-refractivity contribution >= 4 is 119 Å². The number of rotatable bonds is 29. The van der Waals surface area contributed by atoms with Gasteiger partial charge in [-0.15, -0.1) is 0 Å². The number of fused-ring (bicyclic) bond motifs is 10. The van der Waals surface area contributed by atoms with E-state index in [1.807, 2.05) is 195 Å². The number of hydrogen-bond acceptors (Lipinski definition) is 21. The van der Waals surface area contributed by atoms with Crippen molar-refractivity contribution in [2.24, 2.45) is 0 Å². The van der Waals surface area contributed by atoms with Gasteiger partial charge in [0.1, 0.15) is 47.3 Å². The Balaban J connectivity index is 0.000000258. The van der Waals surface area contributed by atoms with E-state index in [1.165, 1.54) is 6.07 Å². The summed E-state index contributed by atoms with van der Waals surface area (Å²) >= 11 is 0. The molecule has 1 unspecified atom stereocenters. The Morgan fingerprint density at radius 2 is 0.792 bits per heavy atom. The highest BCUT2D eigenvalue weighted by Crippen LogP contribution is 2.57. The summed E-state index contributed by atoms with van der Waals surface area (Å²) in [4.78, 5) is 117. The predicted octanol–water partition coefficient (Wildman–Crippen LogP) is 10.1. The number of carbonyl (C=O) groups excluding carboxylic acids is 8. The maximum Gasteiger partial charge on any atom is 0.340 e. The van der Waals surface area contributed by atoms with E-state index in [4.69, 9.17) is 34.5 Å². The Labute approximate surface area is 756 Å². The number of likely N-dealkylation sites (N-methyl/N-ethyl adjacent to an activating group) is 9. The molecule has 0 fully saturated rings. The van der Waals surface area contributed by atoms with Gasteiger partial charge in [0.15, 0.2) is 5.60 Å². The largest absolute Gasteiger partial charge is 0.545 e. The first-order valence-corrected chi connectivity index (χ1v) is 42.1. The van der Waals surface area contributed by atoms with E-state index in [0.717, 1.165) is 83.2 Å². The lowest BCUT2D eigenvalue weighted by Gasteiger charge is -2.38. The minimum atomic E-state index is -1.26. The molecule has 1 atom stereocenters. The average Bonchev–Trinajstić information content (AvgIpc) is 1.52. The Morgan fingerprint density at radius 3 is 1.18 bits per heavy atom. The van der Waals surface area contributed by atoms with Crippen LogP contribution in [0, 0.1) is 16.2 Å². The van der Waals surface area contributed by atoms with Gasteiger partial charge in [-0.2, -0.15) is 0 Å². The van der Waals surface area contributed by atoms with Gasteiger partial charge >= 0.3 is 30.0 Å². The molecule has 33 nitrogen and oxygen atoms in total. The first-order chi connectivity index (χ1) is 62.5. The number of carbonyl (C=O) groups is 9. The Hall–Kier alpha value is -15.4. The normalized spacial score (nSPS) is 12.5. The zero-order chi connectivity index (χ0) is 94.2. The standard InChI is InChI=1S/3C31H35N5O5.3CH3N.CH4/c1-5-35(16-15-34-30(39)33-4)20-11-13-24-26(17-20)40-27-18-21(36(6-2)19-28(37)32-3)12-14-25(27)31(24)23-10-8-7-9-22(23)29(38)41-31;2*1-5-35(16-15-34-31(40)33-4)20-11-13-24-26(17-20)41-27-18-21(36(6-2)19-28(37)32-3)12-14-25(27)29(24)22-9-7-8-10-23(22)30(38)39;3*1-2;/h7-14,17-18H,5-6,15-16,19H2,1-4H3,(H,32,37)(H2,33,34,39);2*7-14,17-18H,5-6,15-16,19H2,1-4H3,(H3-,32,33,34,37,38,39,40);3*2H,1H2;1H4/p+1. The van der Waals surface area contributed by atoms with Gasteiger partial charge in [0.05, 0.1) is 35.8 Å². The lowest BCUT2D eigenvalue weighted by Crippen LogP contribution is -2.39. The van der Waals surface area contributed by atoms with Gasteiger partial charge < -0.3 is 117 Å². The summed E-state index contributed by atoms with van der Waals surface area (Å²) in [5, 5.41) is 65.9. The molecule has 0 saturated heterocycles. The van der Waals surface area contributed by atoms with Crippen LogP contribution in [0.3, 0.4) is 0 Å². The number of benzene rings is 9. The second-order valence-electron chi connectivity index (χ2n) is 28.8. The van der Waals surface area contributed by atoms with Crippen LogP contribution in [0.15, 0.2) is 191 Å². The highest BCUT2D eigenvalue weighted by atomic mass is 16.6. The molecular weight excluding hydrogens is 1660 g/mol. The van der Waals surface area contributed by atoms with E-state index in [-0.39, 0.29) is 74.0 Å². The molecule has 1 spiro atoms. The molecule has 9 amide bonds. The van der Waals surface area contributed by atoms with Gasteiger partial charge in [-0.05, 0) is 146 Å². The lowest BCUT2D eigenvalue weighted by molar-refractivity contribution is -0.255. The summed E-state index contributed by atoms with van der Waals surface area (Å²) in [5.41, 5.74) is 10.6. The molecule has 7 aromatic carbocycles. The van der Waals surface area contributed by atoms with Crippen molar-refractivity contribution < 1.29 is 71.7 Å². The fourth-order valence-electron chi connectivity index (χ4n) is 15.4. The summed E-state index contributed by atoms with van der Waals surface area (Å²) < 4.78 is 29.7. The number of esters is 1. The van der Waals surface area contributed by atoms with Crippen LogP contribution in [0.2, 0.25) is 0 Å². The fraction of sp³-hybridized carbons (Fsp3) is 0.299. The van der Waals surface area contributed by atoms with Gasteiger partial charge in [0.25, 0.3) is 11.8 Å². The Kier molecular flexibility index (Phi) is 38.2. The van der Waals surface area contributed by atoms with Crippen molar-refractivity contribution in [3.63, 3.8) is 0 Å². The van der Waals surface area contributed by atoms with Gasteiger partial charge in [-0.1, -0.05) is 68.1 Å². The molecule has 2 aliphatic carbocycles. The molecule has 0 bridgehead atoms. The van der Waals surface area contributed by atoms with Crippen LogP contribution in [0.1, 0.15) is 96.7 Å². The van der Waals surface area contributed by atoms with Crippen molar-refractivity contribution in [3.05, 3.63) is 226 Å². The summed E-state index contributed by atoms with van der Waals surface area (Å²) in [7, 11) is 9.55. The van der Waals surface area contributed by atoms with Gasteiger partial charge in [0.2, 0.25) is 29.7 Å². The number of nitrogens with zero attached hydrogens (tertiary/aromatic N) is 6. The smallest absolute Gasteiger partial charge is 0.340 e. The molecular formula is C97H119N18O15+. The van der Waals surface area contributed by atoms with E-state index in [2.05, 4.69) is 82.7 Å². The van der Waals surface area contributed by atoms with Crippen LogP contribution in [0.5, 0.6) is 11.5 Å². The topological polar surface area (TPSA) is 440 Å². The van der Waals surface area contributed by atoms with E-state index in [9.17, 15) is 53.4 Å². The van der Waals surface area contributed by atoms with E-state index >= 15 is 0 Å². The molecule has 0 radical (unpaired) electrons. The molecule has 4 heterocycles. The van der Waals surface area contributed by atoms with Crippen LogP contribution in [-0.4, -0.2) is 219 Å². The number of hydrogen-bond donors (Lipinski definition) is 13. The quantitative estimate of drug-likeness (QED) is 0.00896. The van der Waals surface area contributed by atoms with Gasteiger partial charge in [-0.25, -0.2) is 33.1 Å². The van der Waals surface area contributed by atoms with Crippen LogP contribution in [0.25, 0.3) is 66.8 Å². The predicted molar refractivity (Wildman–Crippen MR) is 511 cm³/mol. The third-order valence-electron chi connectivity index (χ3n) is 21.9. The first-order valence-electron chi connectivity index (χ1n) is 42.1. The monoisotopic (exact) mass is 1780 g/mol. The molecule has 33 heteroatoms. The molecule has 0 aromatic heterocycles. The third kappa shape index (κ3) is 23.4. The number of carboxylic acid groups (broad SMARTS) is 2. The minimum absolute atomic E-state index is 0. The number of urea groups is 3. The van der Waals surface area contributed by atoms with Crippen molar-refractivity contribution in [2.45, 2.75) is 54.6 Å². The van der Waals surface area contributed by atoms with Crippen LogP contribution in [-0.2, 0) is 24.7 Å². The molecule has 0 saturated carbocycles. The van der Waals surface area contributed by atoms with Gasteiger partial charge in [-0.3, -0.25) is 14.4 Å². The summed E-state index contributed by atoms with van der Waals surface area (Å²) in [5.74, 6) is -0.732. The highest BCUT2D eigenvalue weighted by molar-refractivity contribution is 6.09. The Bertz CT molecular complexity index is 5690. The highest BCUT2D eigenvalue weighted by Gasteiger charge is 2.54. The maximum absolute atomic E-state index is 13.2. The molecule has 4 aliphatic heterocycles. The summed E-state index contributed by atoms with van der Waals surface area (Å²) in [6, 6.07) is 55.2. The molecule has 130 heavy (non-hydrogen) atoms. The van der Waals surface area contributed by atoms with Crippen molar-refractivity contribution in [1.82, 2.24) is 57.0 Å². The zero-order valence-electron chi connectivity index (χ0n) is 74.9.